The van der Waals surface area contributed by atoms with Crippen molar-refractivity contribution in [1.82, 2.24) is 4.90 Å². The van der Waals surface area contributed by atoms with E-state index in [2.05, 4.69) is 12.1 Å². The van der Waals surface area contributed by atoms with Crippen LogP contribution in [0.4, 0.5) is 0 Å². The standard InChI is InChI=1S/C16H20N2OS.ClH/c1-13-8-12-20-15(13)16(19)18(11-9-17)10-7-14-5-3-2-4-6-14;/h2-6,8,12H,7,9-11,17H2,1H3;1H. The van der Waals surface area contributed by atoms with E-state index in [0.717, 1.165) is 16.9 Å². The predicted octanol–water partition coefficient (Wildman–Crippen LogP) is 3.12. The molecule has 1 amide bonds. The molecule has 1 aromatic carbocycles. The lowest BCUT2D eigenvalue weighted by molar-refractivity contribution is 0.0766. The van der Waals surface area contributed by atoms with Crippen LogP contribution >= 0.6 is 23.7 Å². The van der Waals surface area contributed by atoms with Gasteiger partial charge in [-0.2, -0.15) is 0 Å². The maximum absolute atomic E-state index is 12.5. The molecule has 0 bridgehead atoms. The van der Waals surface area contributed by atoms with Crippen LogP contribution in [0.5, 0.6) is 0 Å². The second-order valence-electron chi connectivity index (χ2n) is 4.75. The first-order valence-corrected chi connectivity index (χ1v) is 7.67. The van der Waals surface area contributed by atoms with Gasteiger partial charge in [-0.15, -0.1) is 23.7 Å². The number of rotatable bonds is 6. The summed E-state index contributed by atoms with van der Waals surface area (Å²) in [5.41, 5.74) is 7.92. The third kappa shape index (κ3) is 4.84. The molecule has 0 aliphatic heterocycles. The lowest BCUT2D eigenvalue weighted by atomic mass is 10.1. The monoisotopic (exact) mass is 324 g/mol. The molecule has 0 fully saturated rings. The fourth-order valence-corrected chi connectivity index (χ4v) is 3.01. The van der Waals surface area contributed by atoms with E-state index in [1.165, 1.54) is 16.9 Å². The van der Waals surface area contributed by atoms with Crippen LogP contribution in [-0.4, -0.2) is 30.4 Å². The summed E-state index contributed by atoms with van der Waals surface area (Å²) in [6, 6.07) is 12.2. The summed E-state index contributed by atoms with van der Waals surface area (Å²) in [6.07, 6.45) is 0.858. The van der Waals surface area contributed by atoms with Gasteiger partial charge in [-0.1, -0.05) is 30.3 Å². The van der Waals surface area contributed by atoms with Crippen LogP contribution in [0.3, 0.4) is 0 Å². The van der Waals surface area contributed by atoms with Crippen molar-refractivity contribution in [2.75, 3.05) is 19.6 Å². The summed E-state index contributed by atoms with van der Waals surface area (Å²) >= 11 is 1.50. The minimum Gasteiger partial charge on any atom is -0.336 e. The highest BCUT2D eigenvalue weighted by molar-refractivity contribution is 7.12. The van der Waals surface area contributed by atoms with Crippen molar-refractivity contribution in [3.8, 4) is 0 Å². The first kappa shape index (κ1) is 17.7. The molecule has 3 nitrogen and oxygen atoms in total. The Labute approximate surface area is 136 Å². The Kier molecular flexibility index (Phi) is 7.43. The van der Waals surface area contributed by atoms with E-state index in [4.69, 9.17) is 5.73 Å². The number of nitrogens with zero attached hydrogens (tertiary/aromatic N) is 1. The third-order valence-corrected chi connectivity index (χ3v) is 4.26. The molecule has 2 rings (SSSR count). The maximum Gasteiger partial charge on any atom is 0.264 e. The highest BCUT2D eigenvalue weighted by Crippen LogP contribution is 2.18. The van der Waals surface area contributed by atoms with Gasteiger partial charge in [0.05, 0.1) is 4.88 Å². The van der Waals surface area contributed by atoms with Gasteiger partial charge in [0.15, 0.2) is 0 Å². The summed E-state index contributed by atoms with van der Waals surface area (Å²) in [5.74, 6) is 0.0962. The SMILES string of the molecule is Cc1ccsc1C(=O)N(CCN)CCc1ccccc1.Cl. The number of benzene rings is 1. The number of halogens is 1. The normalized spacial score (nSPS) is 10.0. The average Bonchev–Trinajstić information content (AvgIpc) is 2.90. The summed E-state index contributed by atoms with van der Waals surface area (Å²) in [7, 11) is 0. The zero-order chi connectivity index (χ0) is 14.4. The van der Waals surface area contributed by atoms with Crippen molar-refractivity contribution >= 4 is 29.7 Å². The first-order chi connectivity index (χ1) is 9.72. The third-order valence-electron chi connectivity index (χ3n) is 3.26. The Bertz CT molecular complexity index is 556. The van der Waals surface area contributed by atoms with E-state index in [0.29, 0.717) is 19.6 Å². The van der Waals surface area contributed by atoms with E-state index in [9.17, 15) is 4.79 Å². The predicted molar refractivity (Wildman–Crippen MR) is 91.4 cm³/mol. The number of hydrogen-bond acceptors (Lipinski definition) is 3. The molecule has 2 aromatic rings. The van der Waals surface area contributed by atoms with Crippen molar-refractivity contribution in [3.05, 3.63) is 57.8 Å². The van der Waals surface area contributed by atoms with Crippen LogP contribution in [0.2, 0.25) is 0 Å². The largest absolute Gasteiger partial charge is 0.336 e. The Morgan fingerprint density at radius 1 is 1.19 bits per heavy atom. The molecule has 0 atom stereocenters. The van der Waals surface area contributed by atoms with Gasteiger partial charge in [-0.25, -0.2) is 0 Å². The van der Waals surface area contributed by atoms with E-state index in [1.54, 1.807) is 0 Å². The van der Waals surface area contributed by atoms with Crippen molar-refractivity contribution in [2.24, 2.45) is 5.73 Å². The van der Waals surface area contributed by atoms with E-state index in [-0.39, 0.29) is 18.3 Å². The minimum atomic E-state index is 0. The molecular formula is C16H21ClN2OS. The van der Waals surface area contributed by atoms with Crippen LogP contribution in [0.15, 0.2) is 41.8 Å². The first-order valence-electron chi connectivity index (χ1n) is 6.79. The van der Waals surface area contributed by atoms with Gasteiger partial charge >= 0.3 is 0 Å². The fourth-order valence-electron chi connectivity index (χ4n) is 2.11. The van der Waals surface area contributed by atoms with Gasteiger partial charge in [-0.3, -0.25) is 4.79 Å². The molecule has 2 N–H and O–H groups in total. The molecule has 0 radical (unpaired) electrons. The number of nitrogens with two attached hydrogens (primary N) is 1. The molecule has 0 spiro atoms. The van der Waals surface area contributed by atoms with Gasteiger partial charge in [0.2, 0.25) is 0 Å². The molecular weight excluding hydrogens is 304 g/mol. The molecule has 1 heterocycles. The van der Waals surface area contributed by atoms with Gasteiger partial charge in [0.25, 0.3) is 5.91 Å². The van der Waals surface area contributed by atoms with Gasteiger partial charge in [-0.05, 0) is 35.9 Å². The Morgan fingerprint density at radius 2 is 1.90 bits per heavy atom. The maximum atomic E-state index is 12.5. The zero-order valence-electron chi connectivity index (χ0n) is 12.1. The van der Waals surface area contributed by atoms with E-state index < -0.39 is 0 Å². The molecule has 0 saturated heterocycles. The topological polar surface area (TPSA) is 46.3 Å². The Balaban J connectivity index is 0.00000220. The van der Waals surface area contributed by atoms with Crippen LogP contribution < -0.4 is 5.73 Å². The number of thiophene rings is 1. The Hall–Kier alpha value is -1.36. The number of amides is 1. The van der Waals surface area contributed by atoms with Gasteiger partial charge < -0.3 is 10.6 Å². The number of hydrogen-bond donors (Lipinski definition) is 1. The van der Waals surface area contributed by atoms with E-state index in [1.807, 2.05) is 41.5 Å². The molecule has 1 aromatic heterocycles. The van der Waals surface area contributed by atoms with Crippen LogP contribution in [0, 0.1) is 6.92 Å². The highest BCUT2D eigenvalue weighted by atomic mass is 35.5. The molecule has 114 valence electrons. The molecule has 0 aliphatic carbocycles. The zero-order valence-corrected chi connectivity index (χ0v) is 13.8. The lowest BCUT2D eigenvalue weighted by Crippen LogP contribution is -2.36. The summed E-state index contributed by atoms with van der Waals surface area (Å²) in [5, 5.41) is 1.96. The van der Waals surface area contributed by atoms with E-state index >= 15 is 0 Å². The second-order valence-corrected chi connectivity index (χ2v) is 5.67. The quantitative estimate of drug-likeness (QED) is 0.887. The van der Waals surface area contributed by atoms with Gasteiger partial charge in [0, 0.05) is 19.6 Å². The summed E-state index contributed by atoms with van der Waals surface area (Å²) in [6.45, 7) is 3.77. The molecule has 0 aliphatic rings. The van der Waals surface area contributed by atoms with Crippen molar-refractivity contribution in [2.45, 2.75) is 13.3 Å². The second kappa shape index (κ2) is 8.82. The van der Waals surface area contributed by atoms with Gasteiger partial charge in [0.1, 0.15) is 0 Å². The molecule has 21 heavy (non-hydrogen) atoms. The number of carbonyl (C=O) groups is 1. The molecule has 0 saturated carbocycles. The van der Waals surface area contributed by atoms with Crippen LogP contribution in [0.25, 0.3) is 0 Å². The van der Waals surface area contributed by atoms with Crippen molar-refractivity contribution in [3.63, 3.8) is 0 Å². The minimum absolute atomic E-state index is 0. The van der Waals surface area contributed by atoms with Crippen LogP contribution in [0.1, 0.15) is 20.8 Å². The summed E-state index contributed by atoms with van der Waals surface area (Å²) < 4.78 is 0. The molecule has 0 unspecified atom stereocenters. The number of carbonyl (C=O) groups excluding carboxylic acids is 1. The highest BCUT2D eigenvalue weighted by Gasteiger charge is 2.17. The summed E-state index contributed by atoms with van der Waals surface area (Å²) in [4.78, 5) is 15.2. The number of aryl methyl sites for hydroxylation is 1. The average molecular weight is 325 g/mol. The fraction of sp³-hybridized carbons (Fsp3) is 0.312. The smallest absolute Gasteiger partial charge is 0.264 e. The van der Waals surface area contributed by atoms with Crippen molar-refractivity contribution < 1.29 is 4.79 Å². The lowest BCUT2D eigenvalue weighted by Gasteiger charge is -2.22. The molecule has 5 heteroatoms. The Morgan fingerprint density at radius 3 is 2.48 bits per heavy atom. The van der Waals surface area contributed by atoms with Crippen molar-refractivity contribution in [1.29, 1.82) is 0 Å². The van der Waals surface area contributed by atoms with Crippen LogP contribution in [-0.2, 0) is 6.42 Å².